The molecule has 1 heterocycles. The van der Waals surface area contributed by atoms with Gasteiger partial charge >= 0.3 is 0 Å². The maximum absolute atomic E-state index is 13.1. The van der Waals surface area contributed by atoms with Crippen molar-refractivity contribution in [2.24, 2.45) is 0 Å². The Morgan fingerprint density at radius 3 is 2.56 bits per heavy atom. The van der Waals surface area contributed by atoms with Crippen molar-refractivity contribution in [3.8, 4) is 0 Å². The van der Waals surface area contributed by atoms with Gasteiger partial charge in [-0.15, -0.1) is 12.4 Å². The monoisotopic (exact) mass is 314 g/mol. The first-order valence-electron chi connectivity index (χ1n) is 5.07. The molecule has 1 aromatic carbocycles. The average Bonchev–Trinajstić information content (AvgIpc) is 2.19. The van der Waals surface area contributed by atoms with E-state index in [4.69, 9.17) is 11.6 Å². The van der Waals surface area contributed by atoms with E-state index < -0.39 is 15.8 Å². The molecule has 0 aliphatic carbocycles. The van der Waals surface area contributed by atoms with Gasteiger partial charge in [0.05, 0.1) is 5.02 Å². The van der Waals surface area contributed by atoms with Crippen molar-refractivity contribution in [1.29, 1.82) is 0 Å². The van der Waals surface area contributed by atoms with E-state index in [2.05, 4.69) is 5.32 Å². The van der Waals surface area contributed by atoms with Crippen LogP contribution in [0.3, 0.4) is 0 Å². The Hall–Kier alpha value is -0.400. The van der Waals surface area contributed by atoms with Crippen molar-refractivity contribution >= 4 is 34.0 Å². The van der Waals surface area contributed by atoms with Gasteiger partial charge in [0, 0.05) is 26.2 Å². The molecule has 0 aromatic heterocycles. The molecule has 1 aliphatic rings. The maximum atomic E-state index is 13.1. The van der Waals surface area contributed by atoms with Crippen LogP contribution in [0.5, 0.6) is 0 Å². The average molecular weight is 315 g/mol. The molecule has 4 nitrogen and oxygen atoms in total. The first-order valence-corrected chi connectivity index (χ1v) is 6.88. The van der Waals surface area contributed by atoms with Crippen LogP contribution in [0.15, 0.2) is 23.1 Å². The van der Waals surface area contributed by atoms with E-state index in [-0.39, 0.29) is 28.4 Å². The van der Waals surface area contributed by atoms with Gasteiger partial charge in [-0.3, -0.25) is 0 Å². The third-order valence-corrected chi connectivity index (χ3v) is 5.22. The molecule has 0 unspecified atom stereocenters. The molecule has 2 rings (SSSR count). The molecule has 1 aromatic rings. The van der Waals surface area contributed by atoms with Crippen LogP contribution < -0.4 is 5.32 Å². The second-order valence-electron chi connectivity index (χ2n) is 3.91. The summed E-state index contributed by atoms with van der Waals surface area (Å²) in [6, 6.07) is 3.22. The molecule has 0 saturated carbocycles. The van der Waals surface area contributed by atoms with E-state index in [9.17, 15) is 12.8 Å². The summed E-state index contributed by atoms with van der Waals surface area (Å²) in [5.41, 5.74) is 0. The molecule has 0 radical (unpaired) electrons. The summed E-state index contributed by atoms with van der Waals surface area (Å²) in [5, 5.41) is 3.01. The molecule has 1 N–H and O–H groups in total. The fraction of sp³-hybridized carbons (Fsp3) is 0.400. The third kappa shape index (κ3) is 2.78. The summed E-state index contributed by atoms with van der Waals surface area (Å²) in [7, 11) is -2.26. The van der Waals surface area contributed by atoms with Crippen LogP contribution >= 0.6 is 24.0 Å². The minimum Gasteiger partial charge on any atom is -0.313 e. The Morgan fingerprint density at radius 1 is 1.44 bits per heavy atom. The van der Waals surface area contributed by atoms with Gasteiger partial charge in [-0.25, -0.2) is 12.8 Å². The quantitative estimate of drug-likeness (QED) is 0.919. The Kier molecular flexibility index (Phi) is 4.97. The predicted octanol–water partition coefficient (Wildman–Crippen LogP) is 1.49. The van der Waals surface area contributed by atoms with Crippen molar-refractivity contribution in [2.75, 3.05) is 20.1 Å². The standard InChI is InChI=1S/C10H12ClFN2O2S.ClH/c1-14(8-5-13-6-8)17(15,16)10-4-7(12)2-3-9(10)11;/h2-4,8,13H,5-6H2,1H3;1H. The number of sulfonamides is 1. The molecule has 1 fully saturated rings. The minimum atomic E-state index is -3.73. The van der Waals surface area contributed by atoms with Gasteiger partial charge in [0.2, 0.25) is 10.0 Å². The van der Waals surface area contributed by atoms with E-state index in [1.54, 1.807) is 0 Å². The number of nitrogens with zero attached hydrogens (tertiary/aromatic N) is 1. The highest BCUT2D eigenvalue weighted by Gasteiger charge is 2.33. The van der Waals surface area contributed by atoms with E-state index in [0.717, 1.165) is 12.1 Å². The van der Waals surface area contributed by atoms with Gasteiger partial charge in [-0.2, -0.15) is 4.31 Å². The first kappa shape index (κ1) is 15.7. The normalized spacial score (nSPS) is 16.2. The molecule has 1 saturated heterocycles. The van der Waals surface area contributed by atoms with Crippen LogP contribution in [-0.4, -0.2) is 38.9 Å². The second-order valence-corrected chi connectivity index (χ2v) is 6.28. The van der Waals surface area contributed by atoms with Crippen molar-refractivity contribution in [2.45, 2.75) is 10.9 Å². The van der Waals surface area contributed by atoms with Gasteiger partial charge < -0.3 is 5.32 Å². The number of hydrogen-bond acceptors (Lipinski definition) is 3. The number of hydrogen-bond donors (Lipinski definition) is 1. The minimum absolute atomic E-state index is 0. The smallest absolute Gasteiger partial charge is 0.244 e. The lowest BCUT2D eigenvalue weighted by molar-refractivity contribution is 0.274. The molecule has 0 spiro atoms. The SMILES string of the molecule is CN(C1CNC1)S(=O)(=O)c1cc(F)ccc1Cl.Cl. The number of benzene rings is 1. The molecule has 0 atom stereocenters. The van der Waals surface area contributed by atoms with Crippen molar-refractivity contribution in [3.05, 3.63) is 29.0 Å². The number of likely N-dealkylation sites (N-methyl/N-ethyl adjacent to an activating group) is 1. The predicted molar refractivity (Wildman–Crippen MR) is 70.3 cm³/mol. The zero-order valence-corrected chi connectivity index (χ0v) is 11.9. The topological polar surface area (TPSA) is 49.4 Å². The fourth-order valence-corrected chi connectivity index (χ4v) is 3.39. The Bertz CT molecular complexity index is 535. The molecule has 8 heteroatoms. The van der Waals surface area contributed by atoms with Crippen molar-refractivity contribution in [1.82, 2.24) is 9.62 Å². The van der Waals surface area contributed by atoms with Crippen LogP contribution in [0.25, 0.3) is 0 Å². The van der Waals surface area contributed by atoms with Gasteiger partial charge in [0.15, 0.2) is 0 Å². The van der Waals surface area contributed by atoms with Crippen LogP contribution in [0.2, 0.25) is 5.02 Å². The van der Waals surface area contributed by atoms with Crippen LogP contribution in [0, 0.1) is 5.82 Å². The molecule has 1 aliphatic heterocycles. The number of halogens is 3. The lowest BCUT2D eigenvalue weighted by Crippen LogP contribution is -2.57. The second kappa shape index (κ2) is 5.71. The van der Waals surface area contributed by atoms with Gasteiger partial charge in [-0.1, -0.05) is 11.6 Å². The lowest BCUT2D eigenvalue weighted by atomic mass is 10.2. The highest BCUT2D eigenvalue weighted by atomic mass is 35.5. The highest BCUT2D eigenvalue weighted by molar-refractivity contribution is 7.89. The largest absolute Gasteiger partial charge is 0.313 e. The summed E-state index contributed by atoms with van der Waals surface area (Å²) in [6.45, 7) is 1.20. The highest BCUT2D eigenvalue weighted by Crippen LogP contribution is 2.26. The Labute approximate surface area is 117 Å². The van der Waals surface area contributed by atoms with Gasteiger partial charge in [0.25, 0.3) is 0 Å². The molecule has 18 heavy (non-hydrogen) atoms. The lowest BCUT2D eigenvalue weighted by Gasteiger charge is -2.34. The maximum Gasteiger partial charge on any atom is 0.244 e. The zero-order chi connectivity index (χ0) is 12.6. The zero-order valence-electron chi connectivity index (χ0n) is 9.56. The van der Waals surface area contributed by atoms with E-state index in [1.807, 2.05) is 0 Å². The molecule has 102 valence electrons. The van der Waals surface area contributed by atoms with E-state index in [1.165, 1.54) is 17.4 Å². The van der Waals surface area contributed by atoms with Crippen LogP contribution in [0.4, 0.5) is 4.39 Å². The van der Waals surface area contributed by atoms with Gasteiger partial charge in [0.1, 0.15) is 10.7 Å². The first-order chi connectivity index (χ1) is 7.93. The Morgan fingerprint density at radius 2 is 2.06 bits per heavy atom. The van der Waals surface area contributed by atoms with Crippen molar-refractivity contribution < 1.29 is 12.8 Å². The summed E-state index contributed by atoms with van der Waals surface area (Å²) < 4.78 is 38.7. The Balaban J connectivity index is 0.00000162. The summed E-state index contributed by atoms with van der Waals surface area (Å²) in [4.78, 5) is -0.187. The number of nitrogens with one attached hydrogen (secondary N) is 1. The summed E-state index contributed by atoms with van der Waals surface area (Å²) in [5.74, 6) is -0.617. The van der Waals surface area contributed by atoms with E-state index >= 15 is 0 Å². The summed E-state index contributed by atoms with van der Waals surface area (Å²) in [6.07, 6.45) is 0. The van der Waals surface area contributed by atoms with Crippen LogP contribution in [-0.2, 0) is 10.0 Å². The fourth-order valence-electron chi connectivity index (χ4n) is 1.56. The molecular weight excluding hydrogens is 302 g/mol. The molecular formula is C10H13Cl2FN2O2S. The van der Waals surface area contributed by atoms with Crippen molar-refractivity contribution in [3.63, 3.8) is 0 Å². The van der Waals surface area contributed by atoms with Crippen LogP contribution in [0.1, 0.15) is 0 Å². The number of rotatable bonds is 3. The summed E-state index contributed by atoms with van der Waals surface area (Å²) >= 11 is 5.80. The third-order valence-electron chi connectivity index (χ3n) is 2.82. The van der Waals surface area contributed by atoms with E-state index in [0.29, 0.717) is 13.1 Å². The van der Waals surface area contributed by atoms with Gasteiger partial charge in [-0.05, 0) is 18.2 Å². The molecule has 0 bridgehead atoms. The molecule has 0 amide bonds.